The lowest BCUT2D eigenvalue weighted by Crippen LogP contribution is -1.99. The van der Waals surface area contributed by atoms with Gasteiger partial charge in [0.05, 0.1) is 6.61 Å². The van der Waals surface area contributed by atoms with Crippen molar-refractivity contribution in [3.05, 3.63) is 34.9 Å². The van der Waals surface area contributed by atoms with E-state index in [2.05, 4.69) is 5.32 Å². The molecule has 0 aliphatic rings. The number of carbonyl (C=O) groups excluding carboxylic acids is 1. The van der Waals surface area contributed by atoms with E-state index in [1.165, 1.54) is 6.08 Å². The third kappa shape index (κ3) is 3.63. The second-order valence-corrected chi connectivity index (χ2v) is 3.87. The minimum absolute atomic E-state index is 0.305. The first-order valence-corrected chi connectivity index (χ1v) is 5.72. The monoisotopic (exact) mass is 233 g/mol. The number of nitrogens with one attached hydrogen (secondary N) is 1. The Balaban J connectivity index is 2.90. The lowest BCUT2D eigenvalue weighted by Gasteiger charge is -2.10. The number of hydrogen-bond acceptors (Lipinski definition) is 3. The Morgan fingerprint density at radius 2 is 1.94 bits per heavy atom. The van der Waals surface area contributed by atoms with E-state index >= 15 is 0 Å². The second-order valence-electron chi connectivity index (χ2n) is 3.87. The van der Waals surface area contributed by atoms with Crippen LogP contribution in [0.1, 0.15) is 23.6 Å². The van der Waals surface area contributed by atoms with Crippen molar-refractivity contribution in [1.29, 1.82) is 0 Å². The SMILES string of the molecule is CCOC(=O)C=Cc1cc(C)c(NC)c(C)c1. The van der Waals surface area contributed by atoms with Crippen molar-refractivity contribution in [3.63, 3.8) is 0 Å². The maximum Gasteiger partial charge on any atom is 0.330 e. The molecule has 1 N–H and O–H groups in total. The fourth-order valence-electron chi connectivity index (χ4n) is 1.84. The third-order valence-electron chi connectivity index (χ3n) is 2.50. The van der Waals surface area contributed by atoms with Crippen LogP contribution < -0.4 is 5.32 Å². The minimum atomic E-state index is -0.305. The van der Waals surface area contributed by atoms with Crippen LogP contribution in [-0.4, -0.2) is 19.6 Å². The smallest absolute Gasteiger partial charge is 0.330 e. The summed E-state index contributed by atoms with van der Waals surface area (Å²) in [6.45, 7) is 6.28. The van der Waals surface area contributed by atoms with Gasteiger partial charge in [0.15, 0.2) is 0 Å². The Morgan fingerprint density at radius 3 is 2.41 bits per heavy atom. The van der Waals surface area contributed by atoms with Crippen molar-refractivity contribution in [3.8, 4) is 0 Å². The van der Waals surface area contributed by atoms with Gasteiger partial charge < -0.3 is 10.1 Å². The number of rotatable bonds is 4. The summed E-state index contributed by atoms with van der Waals surface area (Å²) in [7, 11) is 1.91. The fraction of sp³-hybridized carbons (Fsp3) is 0.357. The molecule has 0 bridgehead atoms. The first kappa shape index (κ1) is 13.3. The largest absolute Gasteiger partial charge is 0.463 e. The van der Waals surface area contributed by atoms with E-state index in [9.17, 15) is 4.79 Å². The molecule has 0 spiro atoms. The van der Waals surface area contributed by atoms with Crippen LogP contribution in [0.2, 0.25) is 0 Å². The van der Waals surface area contributed by atoms with Gasteiger partial charge in [-0.15, -0.1) is 0 Å². The maximum atomic E-state index is 11.2. The first-order chi connectivity index (χ1) is 8.08. The summed E-state index contributed by atoms with van der Waals surface area (Å²) in [5.41, 5.74) is 4.47. The molecule has 0 saturated heterocycles. The van der Waals surface area contributed by atoms with Crippen molar-refractivity contribution in [1.82, 2.24) is 0 Å². The van der Waals surface area contributed by atoms with Crippen LogP contribution in [0, 0.1) is 13.8 Å². The van der Waals surface area contributed by atoms with Gasteiger partial charge >= 0.3 is 5.97 Å². The Labute approximate surface area is 102 Å². The average Bonchev–Trinajstić information content (AvgIpc) is 2.26. The topological polar surface area (TPSA) is 38.3 Å². The summed E-state index contributed by atoms with van der Waals surface area (Å²) in [6.07, 6.45) is 3.23. The molecule has 3 nitrogen and oxygen atoms in total. The van der Waals surface area contributed by atoms with Crippen LogP contribution in [0.3, 0.4) is 0 Å². The molecular weight excluding hydrogens is 214 g/mol. The Hall–Kier alpha value is -1.77. The van der Waals surface area contributed by atoms with E-state index in [1.807, 2.05) is 33.0 Å². The van der Waals surface area contributed by atoms with E-state index in [0.717, 1.165) is 22.4 Å². The first-order valence-electron chi connectivity index (χ1n) is 5.72. The van der Waals surface area contributed by atoms with Gasteiger partial charge in [0, 0.05) is 18.8 Å². The molecule has 0 aliphatic heterocycles. The van der Waals surface area contributed by atoms with Crippen molar-refractivity contribution in [2.45, 2.75) is 20.8 Å². The number of benzene rings is 1. The van der Waals surface area contributed by atoms with Crippen molar-refractivity contribution < 1.29 is 9.53 Å². The molecule has 17 heavy (non-hydrogen) atoms. The van der Waals surface area contributed by atoms with Crippen LogP contribution in [-0.2, 0) is 9.53 Å². The van der Waals surface area contributed by atoms with E-state index in [4.69, 9.17) is 4.74 Å². The van der Waals surface area contributed by atoms with E-state index < -0.39 is 0 Å². The Morgan fingerprint density at radius 1 is 1.35 bits per heavy atom. The van der Waals surface area contributed by atoms with Gasteiger partial charge in [0.2, 0.25) is 0 Å². The Bertz CT molecular complexity index is 413. The summed E-state index contributed by atoms with van der Waals surface area (Å²) >= 11 is 0. The van der Waals surface area contributed by atoms with Crippen molar-refractivity contribution >= 4 is 17.7 Å². The lowest BCUT2D eigenvalue weighted by atomic mass is 10.0. The van der Waals surface area contributed by atoms with Crippen LogP contribution >= 0.6 is 0 Å². The number of carbonyl (C=O) groups is 1. The van der Waals surface area contributed by atoms with Crippen LogP contribution in [0.25, 0.3) is 6.08 Å². The average molecular weight is 233 g/mol. The molecule has 3 heteroatoms. The van der Waals surface area contributed by atoms with Crippen LogP contribution in [0.4, 0.5) is 5.69 Å². The zero-order valence-corrected chi connectivity index (χ0v) is 10.8. The summed E-state index contributed by atoms with van der Waals surface area (Å²) in [5, 5.41) is 3.16. The molecule has 0 heterocycles. The lowest BCUT2D eigenvalue weighted by molar-refractivity contribution is -0.137. The molecule has 0 amide bonds. The van der Waals surface area contributed by atoms with Gasteiger partial charge in [-0.1, -0.05) is 0 Å². The van der Waals surface area contributed by atoms with Crippen molar-refractivity contribution in [2.24, 2.45) is 0 Å². The second kappa shape index (κ2) is 6.09. The van der Waals surface area contributed by atoms with Gasteiger partial charge in [-0.3, -0.25) is 0 Å². The van der Waals surface area contributed by atoms with Crippen LogP contribution in [0.5, 0.6) is 0 Å². The number of aryl methyl sites for hydroxylation is 2. The zero-order valence-electron chi connectivity index (χ0n) is 10.8. The molecular formula is C14H19NO2. The number of esters is 1. The molecule has 0 fully saturated rings. The molecule has 1 rings (SSSR count). The summed E-state index contributed by atoms with van der Waals surface area (Å²) in [6, 6.07) is 4.07. The molecule has 0 aliphatic carbocycles. The van der Waals surface area contributed by atoms with Gasteiger partial charge in [0.25, 0.3) is 0 Å². The minimum Gasteiger partial charge on any atom is -0.463 e. The molecule has 0 aromatic heterocycles. The highest BCUT2D eigenvalue weighted by Gasteiger charge is 2.02. The van der Waals surface area contributed by atoms with Gasteiger partial charge in [-0.2, -0.15) is 0 Å². The number of ether oxygens (including phenoxy) is 1. The maximum absolute atomic E-state index is 11.2. The van der Waals surface area contributed by atoms with Crippen LogP contribution in [0.15, 0.2) is 18.2 Å². The third-order valence-corrected chi connectivity index (χ3v) is 2.50. The predicted molar refractivity (Wildman–Crippen MR) is 71.1 cm³/mol. The van der Waals surface area contributed by atoms with E-state index in [-0.39, 0.29) is 5.97 Å². The zero-order chi connectivity index (χ0) is 12.8. The van der Waals surface area contributed by atoms with Crippen molar-refractivity contribution in [2.75, 3.05) is 19.0 Å². The van der Waals surface area contributed by atoms with Gasteiger partial charge in [-0.25, -0.2) is 4.79 Å². The normalized spacial score (nSPS) is 10.6. The summed E-state index contributed by atoms with van der Waals surface area (Å²) in [5.74, 6) is -0.305. The molecule has 1 aromatic rings. The summed E-state index contributed by atoms with van der Waals surface area (Å²) in [4.78, 5) is 11.2. The molecule has 92 valence electrons. The Kier molecular flexibility index (Phi) is 4.76. The highest BCUT2D eigenvalue weighted by atomic mass is 16.5. The predicted octanol–water partition coefficient (Wildman–Crippen LogP) is 2.92. The number of anilines is 1. The molecule has 0 unspecified atom stereocenters. The quantitative estimate of drug-likeness (QED) is 0.642. The van der Waals surface area contributed by atoms with E-state index in [1.54, 1.807) is 13.0 Å². The fourth-order valence-corrected chi connectivity index (χ4v) is 1.84. The summed E-state index contributed by atoms with van der Waals surface area (Å²) < 4.78 is 4.83. The highest BCUT2D eigenvalue weighted by Crippen LogP contribution is 2.22. The van der Waals surface area contributed by atoms with Gasteiger partial charge in [-0.05, 0) is 55.7 Å². The molecule has 0 atom stereocenters. The molecule has 0 radical (unpaired) electrons. The van der Waals surface area contributed by atoms with E-state index in [0.29, 0.717) is 6.61 Å². The number of hydrogen-bond donors (Lipinski definition) is 1. The molecule has 0 saturated carbocycles. The van der Waals surface area contributed by atoms with Gasteiger partial charge in [0.1, 0.15) is 0 Å². The highest BCUT2D eigenvalue weighted by molar-refractivity contribution is 5.87. The molecule has 1 aromatic carbocycles. The standard InChI is InChI=1S/C14H19NO2/c1-5-17-13(16)7-6-12-8-10(2)14(15-4)11(3)9-12/h6-9,15H,5H2,1-4H3.